The molecule has 0 saturated heterocycles. The molecular formula is C18H23N3O6S3. The van der Waals surface area contributed by atoms with E-state index in [4.69, 9.17) is 0 Å². The predicted molar refractivity (Wildman–Crippen MR) is 114 cm³/mol. The molecule has 1 saturated carbocycles. The lowest BCUT2D eigenvalue weighted by Gasteiger charge is -2.32. The molecule has 3 N–H and O–H groups in total. The lowest BCUT2D eigenvalue weighted by Crippen LogP contribution is -2.48. The van der Waals surface area contributed by atoms with Crippen molar-refractivity contribution >= 4 is 47.9 Å². The summed E-state index contributed by atoms with van der Waals surface area (Å²) in [7, 11) is -7.42. The average molecular weight is 474 g/mol. The van der Waals surface area contributed by atoms with Crippen LogP contribution in [0, 0.1) is 5.92 Å². The lowest BCUT2D eigenvalue weighted by molar-refractivity contribution is -0.119. The summed E-state index contributed by atoms with van der Waals surface area (Å²) in [6, 6.07) is -0.163. The van der Waals surface area contributed by atoms with Gasteiger partial charge in [-0.3, -0.25) is 4.79 Å². The van der Waals surface area contributed by atoms with Crippen molar-refractivity contribution in [2.24, 2.45) is 10.3 Å². The zero-order valence-corrected chi connectivity index (χ0v) is 18.8. The zero-order valence-electron chi connectivity index (χ0n) is 16.3. The Bertz CT molecular complexity index is 1160. The number of hydrogen-bond acceptors (Lipinski definition) is 8. The van der Waals surface area contributed by atoms with Gasteiger partial charge in [0.1, 0.15) is 31.1 Å². The number of aliphatic hydroxyl groups excluding tert-OH is 1. The number of rotatable bonds is 4. The summed E-state index contributed by atoms with van der Waals surface area (Å²) >= 11 is 1.10. The normalized spacial score (nSPS) is 26.0. The second-order valence-electron chi connectivity index (χ2n) is 7.92. The number of sulfone groups is 1. The van der Waals surface area contributed by atoms with Crippen LogP contribution in [-0.4, -0.2) is 51.7 Å². The molecule has 1 fully saturated rings. The van der Waals surface area contributed by atoms with E-state index in [0.29, 0.717) is 12.0 Å². The number of nitrogens with one attached hydrogen (secondary N) is 2. The summed E-state index contributed by atoms with van der Waals surface area (Å²) in [5.74, 6) is -1.31. The van der Waals surface area contributed by atoms with Gasteiger partial charge in [-0.15, -0.1) is 15.7 Å². The Balaban J connectivity index is 1.71. The molecule has 1 amide bonds. The molecule has 30 heavy (non-hydrogen) atoms. The van der Waals surface area contributed by atoms with Gasteiger partial charge >= 0.3 is 0 Å². The number of amides is 1. The predicted octanol–water partition coefficient (Wildman–Crippen LogP) is 1.74. The van der Waals surface area contributed by atoms with Gasteiger partial charge in [0.15, 0.2) is 5.84 Å². The van der Waals surface area contributed by atoms with Crippen molar-refractivity contribution < 1.29 is 26.7 Å². The van der Waals surface area contributed by atoms with Crippen molar-refractivity contribution in [3.63, 3.8) is 0 Å². The number of nitrogens with zero attached hydrogens (tertiary/aromatic N) is 1. The van der Waals surface area contributed by atoms with Crippen LogP contribution < -0.4 is 10.6 Å². The van der Waals surface area contributed by atoms with Crippen LogP contribution in [0.5, 0.6) is 0 Å². The highest BCUT2D eigenvalue weighted by Gasteiger charge is 2.41. The molecular weight excluding hydrogens is 450 g/mol. The van der Waals surface area contributed by atoms with Gasteiger partial charge in [-0.25, -0.2) is 8.42 Å². The van der Waals surface area contributed by atoms with Crippen molar-refractivity contribution in [2.45, 2.75) is 49.5 Å². The molecule has 164 valence electrons. The van der Waals surface area contributed by atoms with E-state index in [1.165, 1.54) is 0 Å². The number of anilines is 1. The third-order valence-electron chi connectivity index (χ3n) is 5.66. The highest BCUT2D eigenvalue weighted by atomic mass is 32.2. The third-order valence-corrected chi connectivity index (χ3v) is 9.09. The van der Waals surface area contributed by atoms with Crippen molar-refractivity contribution in [3.8, 4) is 0 Å². The third kappa shape index (κ3) is 4.00. The van der Waals surface area contributed by atoms with Crippen LogP contribution in [0.4, 0.5) is 5.00 Å². The Morgan fingerprint density at radius 3 is 2.73 bits per heavy atom. The molecule has 12 heteroatoms. The number of aryl methyl sites for hydroxylation is 1. The molecule has 2 aliphatic heterocycles. The second-order valence-corrected chi connectivity index (χ2v) is 12.6. The molecule has 0 aromatic carbocycles. The topological polar surface area (TPSA) is 142 Å². The standard InChI is InChI=1S/C18H23N3O6S3/c1-29(24,25)8-7-10-9-28-18-15(10)30(26,27)21-16(20-18)13-14(22)11-5-3-2-4-6-12(11)19-17(13)23/h9,11-12,22H,2-8H2,1H3,(H,19,23)(H,20,21). The first kappa shape index (κ1) is 21.3. The molecule has 1 aromatic rings. The Hall–Kier alpha value is -1.92. The van der Waals surface area contributed by atoms with E-state index in [9.17, 15) is 26.7 Å². The summed E-state index contributed by atoms with van der Waals surface area (Å²) in [6.45, 7) is 0. The fraction of sp³-hybridized carbons (Fsp3) is 0.556. The van der Waals surface area contributed by atoms with Crippen molar-refractivity contribution in [2.75, 3.05) is 17.3 Å². The number of carbonyl (C=O) groups is 1. The maximum atomic E-state index is 12.9. The number of fused-ring (bicyclic) bond motifs is 2. The van der Waals surface area contributed by atoms with Crippen LogP contribution in [-0.2, 0) is 31.1 Å². The fourth-order valence-electron chi connectivity index (χ4n) is 4.20. The lowest BCUT2D eigenvalue weighted by atomic mass is 9.86. The molecule has 0 bridgehead atoms. The van der Waals surface area contributed by atoms with Gasteiger partial charge in [-0.1, -0.05) is 19.3 Å². The van der Waals surface area contributed by atoms with Crippen molar-refractivity contribution in [1.29, 1.82) is 0 Å². The van der Waals surface area contributed by atoms with Gasteiger partial charge in [0.05, 0.1) is 5.75 Å². The van der Waals surface area contributed by atoms with Gasteiger partial charge in [0.2, 0.25) is 0 Å². The highest BCUT2D eigenvalue weighted by molar-refractivity contribution is 7.91. The number of thiophene rings is 1. The molecule has 3 heterocycles. The summed E-state index contributed by atoms with van der Waals surface area (Å²) in [5, 5.41) is 18.5. The molecule has 4 rings (SSSR count). The SMILES string of the molecule is CS(=O)(=O)CCc1csc2c1S(=O)(=O)N=C(C1=C(O)C3CCCCCC3NC1=O)N2. The van der Waals surface area contributed by atoms with E-state index in [0.717, 1.165) is 43.3 Å². The molecule has 0 radical (unpaired) electrons. The van der Waals surface area contributed by atoms with Crippen LogP contribution in [0.3, 0.4) is 0 Å². The minimum atomic E-state index is -4.16. The summed E-state index contributed by atoms with van der Waals surface area (Å²) in [4.78, 5) is 12.6. The summed E-state index contributed by atoms with van der Waals surface area (Å²) < 4.78 is 52.4. The Kier molecular flexibility index (Phi) is 5.43. The largest absolute Gasteiger partial charge is 0.511 e. The number of sulfonamides is 1. The minimum Gasteiger partial charge on any atom is -0.511 e. The average Bonchev–Trinajstić information content (AvgIpc) is 2.90. The molecule has 2 atom stereocenters. The molecule has 9 nitrogen and oxygen atoms in total. The fourth-order valence-corrected chi connectivity index (χ4v) is 7.46. The van der Waals surface area contributed by atoms with Gasteiger partial charge in [0.25, 0.3) is 15.9 Å². The molecule has 1 aromatic heterocycles. The van der Waals surface area contributed by atoms with Crippen molar-refractivity contribution in [3.05, 3.63) is 22.3 Å². The van der Waals surface area contributed by atoms with Gasteiger partial charge in [-0.05, 0) is 30.2 Å². The summed E-state index contributed by atoms with van der Waals surface area (Å²) in [5.41, 5.74) is 0.226. The van der Waals surface area contributed by atoms with E-state index in [-0.39, 0.29) is 51.2 Å². The van der Waals surface area contributed by atoms with E-state index < -0.39 is 25.8 Å². The first-order valence-electron chi connectivity index (χ1n) is 9.71. The quantitative estimate of drug-likeness (QED) is 0.604. The van der Waals surface area contributed by atoms with Crippen molar-refractivity contribution in [1.82, 2.24) is 5.32 Å². The van der Waals surface area contributed by atoms with Crippen LogP contribution in [0.1, 0.15) is 37.7 Å². The maximum absolute atomic E-state index is 12.9. The van der Waals surface area contributed by atoms with E-state index in [1.807, 2.05) is 0 Å². The van der Waals surface area contributed by atoms with Gasteiger partial charge in [-0.2, -0.15) is 8.42 Å². The van der Waals surface area contributed by atoms with Gasteiger partial charge in [0, 0.05) is 18.2 Å². The van der Waals surface area contributed by atoms with Gasteiger partial charge < -0.3 is 15.7 Å². The monoisotopic (exact) mass is 473 g/mol. The highest BCUT2D eigenvalue weighted by Crippen LogP contribution is 2.39. The van der Waals surface area contributed by atoms with E-state index >= 15 is 0 Å². The first-order chi connectivity index (χ1) is 14.1. The number of amidine groups is 1. The molecule has 1 aliphatic carbocycles. The smallest absolute Gasteiger partial charge is 0.287 e. The minimum absolute atomic E-state index is 0.0502. The van der Waals surface area contributed by atoms with Crippen LogP contribution in [0.2, 0.25) is 0 Å². The Labute approximate surface area is 179 Å². The molecule has 0 spiro atoms. The van der Waals surface area contributed by atoms with E-state index in [2.05, 4.69) is 15.0 Å². The number of aliphatic hydroxyl groups is 1. The Morgan fingerprint density at radius 2 is 2.00 bits per heavy atom. The Morgan fingerprint density at radius 1 is 1.27 bits per heavy atom. The molecule has 3 aliphatic rings. The van der Waals surface area contributed by atoms with Crippen LogP contribution in [0.25, 0.3) is 0 Å². The first-order valence-corrected chi connectivity index (χ1v) is 14.1. The zero-order chi connectivity index (χ0) is 21.7. The number of carbonyl (C=O) groups excluding carboxylic acids is 1. The maximum Gasteiger partial charge on any atom is 0.287 e. The second kappa shape index (κ2) is 7.65. The summed E-state index contributed by atoms with van der Waals surface area (Å²) in [6.07, 6.45) is 5.53. The number of hydrogen-bond donors (Lipinski definition) is 3. The van der Waals surface area contributed by atoms with Crippen LogP contribution in [0.15, 0.2) is 26.0 Å². The van der Waals surface area contributed by atoms with Crippen LogP contribution >= 0.6 is 11.3 Å². The van der Waals surface area contributed by atoms with E-state index in [1.54, 1.807) is 5.38 Å². The molecule has 2 unspecified atom stereocenters.